The minimum absolute atomic E-state index is 0.202. The van der Waals surface area contributed by atoms with Gasteiger partial charge >= 0.3 is 0 Å². The first-order valence-electron chi connectivity index (χ1n) is 13.3. The van der Waals surface area contributed by atoms with Crippen molar-refractivity contribution >= 4 is 65.6 Å². The van der Waals surface area contributed by atoms with Crippen molar-refractivity contribution in [2.24, 2.45) is 0 Å². The van der Waals surface area contributed by atoms with Gasteiger partial charge in [-0.1, -0.05) is 78.9 Å². The number of hydrogen-bond acceptors (Lipinski definition) is 4. The Morgan fingerprint density at radius 3 is 1.62 bits per heavy atom. The maximum absolute atomic E-state index is 11.5. The molecular weight excluding hydrogens is 508 g/mol. The summed E-state index contributed by atoms with van der Waals surface area (Å²) in [5.74, 6) is 0.202. The number of nitrogens with zero attached hydrogens (tertiary/aromatic N) is 2. The summed E-state index contributed by atoms with van der Waals surface area (Å²) in [5, 5.41) is 14.0. The van der Waals surface area contributed by atoms with Crippen LogP contribution in [-0.4, -0.2) is 5.11 Å². The van der Waals surface area contributed by atoms with Gasteiger partial charge in [-0.05, 0) is 72.8 Å². The van der Waals surface area contributed by atoms with Crippen LogP contribution in [0, 0.1) is 0 Å². The van der Waals surface area contributed by atoms with Crippen molar-refractivity contribution in [2.45, 2.75) is 0 Å². The zero-order chi connectivity index (χ0) is 26.9. The van der Waals surface area contributed by atoms with Crippen LogP contribution in [0.1, 0.15) is 0 Å². The van der Waals surface area contributed by atoms with Crippen molar-refractivity contribution in [2.75, 3.05) is 9.80 Å². The van der Waals surface area contributed by atoms with E-state index in [1.807, 2.05) is 59.9 Å². The molecule has 7 rings (SSSR count). The molecule has 1 heterocycles. The highest BCUT2D eigenvalue weighted by molar-refractivity contribution is 7.25. The molecule has 0 bridgehead atoms. The lowest BCUT2D eigenvalue weighted by atomic mass is 10.1. The third-order valence-corrected chi connectivity index (χ3v) is 8.27. The molecule has 4 heteroatoms. The second-order valence-electron chi connectivity index (χ2n) is 9.60. The first-order chi connectivity index (χ1) is 19.8. The van der Waals surface area contributed by atoms with Gasteiger partial charge in [0.05, 0.1) is 5.69 Å². The van der Waals surface area contributed by atoms with Gasteiger partial charge in [0.25, 0.3) is 0 Å². The molecule has 0 fully saturated rings. The molecule has 0 unspecified atom stereocenters. The van der Waals surface area contributed by atoms with E-state index in [1.54, 1.807) is 6.07 Å². The minimum Gasteiger partial charge on any atom is -0.506 e. The van der Waals surface area contributed by atoms with Crippen molar-refractivity contribution in [3.8, 4) is 5.75 Å². The first-order valence-corrected chi connectivity index (χ1v) is 14.1. The summed E-state index contributed by atoms with van der Waals surface area (Å²) in [6.07, 6.45) is 0. The first kappa shape index (κ1) is 24.0. The highest BCUT2D eigenvalue weighted by atomic mass is 32.1. The Morgan fingerprint density at radius 2 is 0.975 bits per heavy atom. The Balaban J connectivity index is 1.50. The third kappa shape index (κ3) is 4.25. The quantitative estimate of drug-likeness (QED) is 0.230. The summed E-state index contributed by atoms with van der Waals surface area (Å²) in [6, 6.07) is 51.7. The van der Waals surface area contributed by atoms with Gasteiger partial charge < -0.3 is 14.9 Å². The van der Waals surface area contributed by atoms with E-state index in [4.69, 9.17) is 0 Å². The number of fused-ring (bicyclic) bond motifs is 3. The van der Waals surface area contributed by atoms with Gasteiger partial charge in [0.2, 0.25) is 0 Å². The highest BCUT2D eigenvalue weighted by Gasteiger charge is 2.25. The number of rotatable bonds is 6. The van der Waals surface area contributed by atoms with Crippen LogP contribution in [0.2, 0.25) is 0 Å². The summed E-state index contributed by atoms with van der Waals surface area (Å²) in [4.78, 5) is 4.36. The summed E-state index contributed by atoms with van der Waals surface area (Å²) in [7, 11) is 0. The molecule has 1 N–H and O–H groups in total. The molecule has 192 valence electrons. The van der Waals surface area contributed by atoms with Crippen LogP contribution in [0.4, 0.5) is 34.1 Å². The minimum atomic E-state index is 0.202. The lowest BCUT2D eigenvalue weighted by Crippen LogP contribution is -2.17. The van der Waals surface area contributed by atoms with E-state index >= 15 is 0 Å². The number of phenols is 1. The van der Waals surface area contributed by atoms with Crippen molar-refractivity contribution < 1.29 is 5.11 Å². The average Bonchev–Trinajstić information content (AvgIpc) is 3.39. The molecule has 0 saturated heterocycles. The Kier molecular flexibility index (Phi) is 6.15. The molecule has 7 aromatic rings. The molecule has 0 aliphatic carbocycles. The van der Waals surface area contributed by atoms with Crippen molar-refractivity contribution in [3.05, 3.63) is 152 Å². The van der Waals surface area contributed by atoms with Crippen LogP contribution in [-0.2, 0) is 0 Å². The molecule has 1 aromatic heterocycles. The van der Waals surface area contributed by atoms with Gasteiger partial charge in [-0.3, -0.25) is 0 Å². The number of para-hydroxylation sites is 4. The molecule has 40 heavy (non-hydrogen) atoms. The molecule has 0 aliphatic rings. The molecule has 0 atom stereocenters. The second kappa shape index (κ2) is 10.3. The molecule has 0 saturated carbocycles. The van der Waals surface area contributed by atoms with E-state index in [-0.39, 0.29) is 5.75 Å². The number of phenolic OH excluding ortho intramolecular Hbond substituents is 1. The maximum Gasteiger partial charge on any atom is 0.141 e. The van der Waals surface area contributed by atoms with Crippen LogP contribution >= 0.6 is 11.3 Å². The molecule has 6 aromatic carbocycles. The Bertz CT molecular complexity index is 1880. The zero-order valence-electron chi connectivity index (χ0n) is 21.7. The molecule has 0 spiro atoms. The molecule has 3 nitrogen and oxygen atoms in total. The summed E-state index contributed by atoms with van der Waals surface area (Å²) in [5.41, 5.74) is 5.54. The number of aromatic hydroxyl groups is 1. The van der Waals surface area contributed by atoms with Crippen LogP contribution in [0.3, 0.4) is 0 Å². The Hall–Kier alpha value is -5.06. The molecular formula is C36H26N2OS. The number of hydrogen-bond donors (Lipinski definition) is 1. The average molecular weight is 535 g/mol. The smallest absolute Gasteiger partial charge is 0.141 e. The van der Waals surface area contributed by atoms with Gasteiger partial charge in [0.15, 0.2) is 0 Å². The van der Waals surface area contributed by atoms with E-state index in [1.165, 1.54) is 20.2 Å². The Morgan fingerprint density at radius 1 is 0.425 bits per heavy atom. The van der Waals surface area contributed by atoms with Crippen LogP contribution in [0.25, 0.3) is 20.2 Å². The van der Waals surface area contributed by atoms with Gasteiger partial charge in [0, 0.05) is 42.9 Å². The summed E-state index contributed by atoms with van der Waals surface area (Å²) < 4.78 is 2.53. The van der Waals surface area contributed by atoms with Crippen LogP contribution in [0.15, 0.2) is 152 Å². The van der Waals surface area contributed by atoms with Gasteiger partial charge in [-0.2, -0.15) is 0 Å². The SMILES string of the molecule is Oc1cccc(N(c2ccccc2)c2ccc3sc4ccccc4c3c2)c1N(c1ccccc1)c1ccccc1. The normalized spacial score (nSPS) is 11.1. The standard InChI is InChI=1S/C36H26N2OS/c39-33-21-12-20-32(36(33)38(27-15-6-2-7-16-27)28-17-8-3-9-18-28)37(26-13-4-1-5-14-26)29-23-24-35-31(25-29)30-19-10-11-22-34(30)40-35/h1-25,39H. The van der Waals surface area contributed by atoms with Gasteiger partial charge in [-0.25, -0.2) is 0 Å². The summed E-state index contributed by atoms with van der Waals surface area (Å²) >= 11 is 1.81. The fourth-order valence-corrected chi connectivity index (χ4v) is 6.43. The van der Waals surface area contributed by atoms with E-state index in [9.17, 15) is 5.11 Å². The van der Waals surface area contributed by atoms with Crippen molar-refractivity contribution in [1.82, 2.24) is 0 Å². The van der Waals surface area contributed by atoms with Crippen LogP contribution < -0.4 is 9.80 Å². The number of thiophene rings is 1. The van der Waals surface area contributed by atoms with Crippen molar-refractivity contribution in [1.29, 1.82) is 0 Å². The fraction of sp³-hybridized carbons (Fsp3) is 0. The van der Waals surface area contributed by atoms with Gasteiger partial charge in [-0.15, -0.1) is 11.3 Å². The number of anilines is 6. The highest BCUT2D eigenvalue weighted by Crippen LogP contribution is 2.50. The van der Waals surface area contributed by atoms with Crippen molar-refractivity contribution in [3.63, 3.8) is 0 Å². The lowest BCUT2D eigenvalue weighted by Gasteiger charge is -2.33. The topological polar surface area (TPSA) is 26.7 Å². The fourth-order valence-electron chi connectivity index (χ4n) is 5.35. The second-order valence-corrected chi connectivity index (χ2v) is 10.7. The predicted molar refractivity (Wildman–Crippen MR) is 170 cm³/mol. The van der Waals surface area contributed by atoms with E-state index < -0.39 is 0 Å². The Labute approximate surface area is 237 Å². The number of benzene rings is 6. The molecule has 0 amide bonds. The molecule has 0 aliphatic heterocycles. The predicted octanol–water partition coefficient (Wildman–Crippen LogP) is 10.7. The van der Waals surface area contributed by atoms with E-state index in [0.29, 0.717) is 5.69 Å². The van der Waals surface area contributed by atoms with E-state index in [0.717, 1.165) is 28.4 Å². The van der Waals surface area contributed by atoms with E-state index in [2.05, 4.69) is 107 Å². The van der Waals surface area contributed by atoms with Crippen LogP contribution in [0.5, 0.6) is 5.75 Å². The third-order valence-electron chi connectivity index (χ3n) is 7.12. The summed E-state index contributed by atoms with van der Waals surface area (Å²) in [6.45, 7) is 0. The largest absolute Gasteiger partial charge is 0.506 e. The van der Waals surface area contributed by atoms with Gasteiger partial charge in [0.1, 0.15) is 11.4 Å². The monoisotopic (exact) mass is 534 g/mol. The zero-order valence-corrected chi connectivity index (χ0v) is 22.5. The molecule has 0 radical (unpaired) electrons. The lowest BCUT2D eigenvalue weighted by molar-refractivity contribution is 0.476. The maximum atomic E-state index is 11.5.